The van der Waals surface area contributed by atoms with E-state index in [4.69, 9.17) is 15.3 Å². The Hall–Kier alpha value is -3.72. The van der Waals surface area contributed by atoms with E-state index in [9.17, 15) is 0 Å². The summed E-state index contributed by atoms with van der Waals surface area (Å²) in [5.74, 6) is 1.25. The molecule has 0 aliphatic carbocycles. The Kier molecular flexibility index (Phi) is 3.80. The van der Waals surface area contributed by atoms with Gasteiger partial charge in [-0.15, -0.1) is 5.10 Å². The van der Waals surface area contributed by atoms with Crippen LogP contribution in [0.5, 0.6) is 0 Å². The molecule has 0 aliphatic rings. The highest BCUT2D eigenvalue weighted by molar-refractivity contribution is 5.90. The summed E-state index contributed by atoms with van der Waals surface area (Å²) in [7, 11) is 0. The fraction of sp³-hybridized carbons (Fsp3) is 0.158. The molecule has 0 fully saturated rings. The Balaban J connectivity index is 1.50. The molecule has 140 valence electrons. The molecule has 9 heteroatoms. The van der Waals surface area contributed by atoms with Gasteiger partial charge >= 0.3 is 0 Å². The Morgan fingerprint density at radius 2 is 1.86 bits per heavy atom. The number of aliphatic hydroxyl groups excluding tert-OH is 1. The van der Waals surface area contributed by atoms with Gasteiger partial charge in [0.05, 0.1) is 24.5 Å². The first-order chi connectivity index (χ1) is 13.7. The minimum absolute atomic E-state index is 0.0433. The van der Waals surface area contributed by atoms with Gasteiger partial charge in [-0.2, -0.15) is 14.6 Å². The molecule has 4 aromatic heterocycles. The lowest BCUT2D eigenvalue weighted by Gasteiger charge is -2.05. The number of nitrogens with two attached hydrogens (primary N) is 1. The van der Waals surface area contributed by atoms with Gasteiger partial charge in [0.15, 0.2) is 17.1 Å². The summed E-state index contributed by atoms with van der Waals surface area (Å²) in [5.41, 5.74) is 9.41. The van der Waals surface area contributed by atoms with Gasteiger partial charge in [-0.05, 0) is 29.7 Å². The van der Waals surface area contributed by atoms with Crippen LogP contribution in [0.4, 0.5) is 5.95 Å². The molecule has 5 aromatic rings. The molecule has 5 rings (SSSR count). The van der Waals surface area contributed by atoms with Crippen LogP contribution in [0.25, 0.3) is 28.3 Å². The summed E-state index contributed by atoms with van der Waals surface area (Å²) < 4.78 is 8.69. The number of fused-ring (bicyclic) bond motifs is 3. The second kappa shape index (κ2) is 6.46. The third kappa shape index (κ3) is 2.69. The van der Waals surface area contributed by atoms with Gasteiger partial charge in [0.2, 0.25) is 11.8 Å². The van der Waals surface area contributed by atoms with Gasteiger partial charge in [0, 0.05) is 6.54 Å². The van der Waals surface area contributed by atoms with E-state index in [0.717, 1.165) is 22.9 Å². The molecule has 0 saturated carbocycles. The van der Waals surface area contributed by atoms with E-state index in [2.05, 4.69) is 20.2 Å². The van der Waals surface area contributed by atoms with Crippen molar-refractivity contribution in [3.05, 3.63) is 60.0 Å². The number of hydrogen-bond donors (Lipinski definition) is 2. The zero-order valence-corrected chi connectivity index (χ0v) is 14.9. The largest absolute Gasteiger partial charge is 0.461 e. The fourth-order valence-corrected chi connectivity index (χ4v) is 3.18. The number of rotatable bonds is 5. The number of aryl methyl sites for hydroxylation is 2. The van der Waals surface area contributed by atoms with E-state index in [-0.39, 0.29) is 12.6 Å². The first kappa shape index (κ1) is 16.5. The molecule has 0 amide bonds. The Labute approximate surface area is 159 Å². The van der Waals surface area contributed by atoms with Crippen LogP contribution >= 0.6 is 0 Å². The number of nitrogen functional groups attached to an aromatic ring is 1. The van der Waals surface area contributed by atoms with Crippen LogP contribution in [0, 0.1) is 0 Å². The maximum Gasteiger partial charge on any atom is 0.225 e. The number of furan rings is 1. The van der Waals surface area contributed by atoms with E-state index in [0.29, 0.717) is 29.4 Å². The summed E-state index contributed by atoms with van der Waals surface area (Å²) >= 11 is 0. The molecule has 0 radical (unpaired) electrons. The SMILES string of the molecule is Nc1nc2c(cnn2CCc2ccc(CO)cc2)c2nc(-c3ccco3)nn12. The van der Waals surface area contributed by atoms with Crippen molar-refractivity contribution in [3.63, 3.8) is 0 Å². The molecule has 28 heavy (non-hydrogen) atoms. The number of aliphatic hydroxyl groups is 1. The molecule has 4 heterocycles. The van der Waals surface area contributed by atoms with Crippen molar-refractivity contribution in [3.8, 4) is 11.6 Å². The summed E-state index contributed by atoms with van der Waals surface area (Å²) in [5, 5.41) is 18.8. The Morgan fingerprint density at radius 3 is 2.61 bits per heavy atom. The number of aromatic nitrogens is 6. The van der Waals surface area contributed by atoms with Gasteiger partial charge in [-0.1, -0.05) is 24.3 Å². The maximum absolute atomic E-state index is 9.15. The van der Waals surface area contributed by atoms with Crippen LogP contribution in [-0.2, 0) is 19.6 Å². The zero-order chi connectivity index (χ0) is 19.1. The highest BCUT2D eigenvalue weighted by Crippen LogP contribution is 2.23. The Morgan fingerprint density at radius 1 is 1.04 bits per heavy atom. The molecular formula is C19H17N7O2. The second-order valence-electron chi connectivity index (χ2n) is 6.45. The molecule has 3 N–H and O–H groups in total. The summed E-state index contributed by atoms with van der Waals surface area (Å²) in [6, 6.07) is 11.4. The molecule has 0 saturated heterocycles. The van der Waals surface area contributed by atoms with E-state index >= 15 is 0 Å². The van der Waals surface area contributed by atoms with Crippen LogP contribution in [0.2, 0.25) is 0 Å². The van der Waals surface area contributed by atoms with Gasteiger partial charge < -0.3 is 15.3 Å². The van der Waals surface area contributed by atoms with Crippen LogP contribution in [0.15, 0.2) is 53.3 Å². The topological polar surface area (TPSA) is 120 Å². The molecule has 0 atom stereocenters. The van der Waals surface area contributed by atoms with Crippen molar-refractivity contribution >= 4 is 22.6 Å². The predicted octanol–water partition coefficient (Wildman–Crippen LogP) is 2.05. The second-order valence-corrected chi connectivity index (χ2v) is 6.45. The number of hydrogen-bond acceptors (Lipinski definition) is 7. The maximum atomic E-state index is 9.15. The molecule has 0 spiro atoms. The van der Waals surface area contributed by atoms with Crippen molar-refractivity contribution in [2.45, 2.75) is 19.6 Å². The number of nitrogens with zero attached hydrogens (tertiary/aromatic N) is 6. The van der Waals surface area contributed by atoms with Crippen LogP contribution in [0.3, 0.4) is 0 Å². The number of anilines is 1. The van der Waals surface area contributed by atoms with Crippen LogP contribution < -0.4 is 5.73 Å². The van der Waals surface area contributed by atoms with Crippen molar-refractivity contribution in [2.24, 2.45) is 0 Å². The van der Waals surface area contributed by atoms with Crippen molar-refractivity contribution < 1.29 is 9.52 Å². The van der Waals surface area contributed by atoms with Crippen LogP contribution in [0.1, 0.15) is 11.1 Å². The van der Waals surface area contributed by atoms with Gasteiger partial charge in [-0.3, -0.25) is 0 Å². The molecule has 0 unspecified atom stereocenters. The molecule has 0 bridgehead atoms. The predicted molar refractivity (Wildman–Crippen MR) is 102 cm³/mol. The highest BCUT2D eigenvalue weighted by atomic mass is 16.3. The molecular weight excluding hydrogens is 358 g/mol. The molecule has 9 nitrogen and oxygen atoms in total. The summed E-state index contributed by atoms with van der Waals surface area (Å²) in [4.78, 5) is 9.03. The zero-order valence-electron chi connectivity index (χ0n) is 14.9. The average molecular weight is 375 g/mol. The van der Waals surface area contributed by atoms with Gasteiger partial charge in [0.25, 0.3) is 0 Å². The lowest BCUT2D eigenvalue weighted by atomic mass is 10.1. The normalized spacial score (nSPS) is 11.6. The van der Waals surface area contributed by atoms with Gasteiger partial charge in [-0.25, -0.2) is 9.67 Å². The lowest BCUT2D eigenvalue weighted by molar-refractivity contribution is 0.282. The first-order valence-corrected chi connectivity index (χ1v) is 8.83. The average Bonchev–Trinajstić information content (AvgIpc) is 3.45. The smallest absolute Gasteiger partial charge is 0.225 e. The third-order valence-electron chi connectivity index (χ3n) is 4.66. The quantitative estimate of drug-likeness (QED) is 0.482. The minimum Gasteiger partial charge on any atom is -0.461 e. The standard InChI is InChI=1S/C19H17N7O2/c20-19-23-17-14(18-22-16(24-26(18)19)15-2-1-9-28-15)10-21-25(17)8-7-12-3-5-13(11-27)6-4-12/h1-6,9-10,27H,7-8,11H2,(H2,20,23). The van der Waals surface area contributed by atoms with Gasteiger partial charge in [0.1, 0.15) is 0 Å². The summed E-state index contributed by atoms with van der Waals surface area (Å²) in [6.07, 6.45) is 4.08. The molecule has 1 aromatic carbocycles. The minimum atomic E-state index is 0.0433. The number of benzene rings is 1. The summed E-state index contributed by atoms with van der Waals surface area (Å²) in [6.45, 7) is 0.686. The van der Waals surface area contributed by atoms with Crippen molar-refractivity contribution in [1.82, 2.24) is 29.4 Å². The highest BCUT2D eigenvalue weighted by Gasteiger charge is 2.17. The van der Waals surface area contributed by atoms with Crippen molar-refractivity contribution in [2.75, 3.05) is 5.73 Å². The van der Waals surface area contributed by atoms with E-state index in [1.807, 2.05) is 28.9 Å². The monoisotopic (exact) mass is 375 g/mol. The van der Waals surface area contributed by atoms with E-state index < -0.39 is 0 Å². The van der Waals surface area contributed by atoms with Crippen LogP contribution in [-0.4, -0.2) is 34.5 Å². The fourth-order valence-electron chi connectivity index (χ4n) is 3.18. The molecule has 0 aliphatic heterocycles. The van der Waals surface area contributed by atoms with Crippen molar-refractivity contribution in [1.29, 1.82) is 0 Å². The van der Waals surface area contributed by atoms with E-state index in [1.54, 1.807) is 24.6 Å². The first-order valence-electron chi connectivity index (χ1n) is 8.83. The Bertz CT molecular complexity index is 1250. The van der Waals surface area contributed by atoms with E-state index in [1.165, 1.54) is 4.52 Å². The third-order valence-corrected chi connectivity index (χ3v) is 4.66. The lowest BCUT2D eigenvalue weighted by Crippen LogP contribution is -2.07.